The van der Waals surface area contributed by atoms with Gasteiger partial charge in [-0.05, 0) is 12.1 Å². The first-order valence-corrected chi connectivity index (χ1v) is 5.28. The summed E-state index contributed by atoms with van der Waals surface area (Å²) < 4.78 is 11.4. The summed E-state index contributed by atoms with van der Waals surface area (Å²) >= 11 is 0. The molecule has 6 nitrogen and oxygen atoms in total. The summed E-state index contributed by atoms with van der Waals surface area (Å²) in [6.45, 7) is 0. The minimum absolute atomic E-state index is 0.116. The highest BCUT2D eigenvalue weighted by molar-refractivity contribution is 5.95. The van der Waals surface area contributed by atoms with Crippen LogP contribution < -0.4 is 4.74 Å². The van der Waals surface area contributed by atoms with Crippen molar-refractivity contribution in [2.45, 2.75) is 6.42 Å². The smallest absolute Gasteiger partial charge is 0.358 e. The molecule has 0 atom stereocenters. The molecule has 0 spiro atoms. The maximum absolute atomic E-state index is 11.6. The Labute approximate surface area is 103 Å². The first-order chi connectivity index (χ1) is 8.71. The number of methoxy groups -OCH3 is 2. The number of imidazole rings is 1. The molecule has 0 aliphatic heterocycles. The Balaban J connectivity index is 2.67. The number of aldehydes is 1. The topological polar surface area (TPSA) is 69.9 Å². The summed E-state index contributed by atoms with van der Waals surface area (Å²) in [5.41, 5.74) is 0.775. The molecule has 2 aromatic heterocycles. The normalized spacial score (nSPS) is 10.3. The largest absolute Gasteiger partial charge is 0.495 e. The molecule has 0 aliphatic rings. The van der Waals surface area contributed by atoms with Crippen LogP contribution in [-0.4, -0.2) is 35.9 Å². The average Bonchev–Trinajstić information content (AvgIpc) is 2.76. The predicted octanol–water partition coefficient (Wildman–Crippen LogP) is 0.871. The van der Waals surface area contributed by atoms with Gasteiger partial charge in [0.15, 0.2) is 5.69 Å². The van der Waals surface area contributed by atoms with Gasteiger partial charge in [0.1, 0.15) is 17.9 Å². The van der Waals surface area contributed by atoms with Crippen molar-refractivity contribution in [3.8, 4) is 5.75 Å². The number of aromatic nitrogens is 2. The molecule has 0 saturated carbocycles. The van der Waals surface area contributed by atoms with Gasteiger partial charge in [-0.1, -0.05) is 0 Å². The van der Waals surface area contributed by atoms with Crippen LogP contribution >= 0.6 is 0 Å². The highest BCUT2D eigenvalue weighted by Gasteiger charge is 2.18. The lowest BCUT2D eigenvalue weighted by molar-refractivity contribution is -0.107. The van der Waals surface area contributed by atoms with E-state index in [0.717, 1.165) is 6.29 Å². The Kier molecular flexibility index (Phi) is 3.27. The minimum Gasteiger partial charge on any atom is -0.495 e. The van der Waals surface area contributed by atoms with Gasteiger partial charge in [0.25, 0.3) is 0 Å². The standard InChI is InChI=1S/C12H12N2O4/c1-17-8-3-4-9-11(12(16)18-2)13-10(5-6-15)14(9)7-8/h3-4,6-7H,5H2,1-2H3. The van der Waals surface area contributed by atoms with Crippen molar-refractivity contribution >= 4 is 17.8 Å². The number of pyridine rings is 1. The van der Waals surface area contributed by atoms with E-state index in [-0.39, 0.29) is 12.1 Å². The SMILES string of the molecule is COC(=O)c1nc(CC=O)n2cc(OC)ccc12. The molecule has 2 aromatic rings. The van der Waals surface area contributed by atoms with Gasteiger partial charge in [-0.15, -0.1) is 0 Å². The number of carbonyl (C=O) groups excluding carboxylic acids is 2. The Bertz CT molecular complexity index is 603. The third kappa shape index (κ3) is 1.92. The van der Waals surface area contributed by atoms with Crippen LogP contribution in [0.1, 0.15) is 16.3 Å². The van der Waals surface area contributed by atoms with E-state index >= 15 is 0 Å². The van der Waals surface area contributed by atoms with E-state index in [0.29, 0.717) is 17.1 Å². The van der Waals surface area contributed by atoms with Gasteiger partial charge in [0.2, 0.25) is 0 Å². The molecular formula is C12H12N2O4. The lowest BCUT2D eigenvalue weighted by Crippen LogP contribution is -2.02. The van der Waals surface area contributed by atoms with Crippen LogP contribution in [0.2, 0.25) is 0 Å². The number of carbonyl (C=O) groups is 2. The molecule has 0 fully saturated rings. The molecule has 6 heteroatoms. The molecule has 0 saturated heterocycles. The van der Waals surface area contributed by atoms with Crippen molar-refractivity contribution in [2.24, 2.45) is 0 Å². The van der Waals surface area contributed by atoms with Gasteiger partial charge in [-0.3, -0.25) is 4.40 Å². The quantitative estimate of drug-likeness (QED) is 0.593. The fraction of sp³-hybridized carbons (Fsp3) is 0.250. The zero-order valence-electron chi connectivity index (χ0n) is 10.0. The van der Waals surface area contributed by atoms with Crippen LogP contribution in [-0.2, 0) is 16.0 Å². The molecule has 2 rings (SSSR count). The van der Waals surface area contributed by atoms with Crippen LogP contribution in [0.4, 0.5) is 0 Å². The predicted molar refractivity (Wildman–Crippen MR) is 62.9 cm³/mol. The number of nitrogens with zero attached hydrogens (tertiary/aromatic N) is 2. The van der Waals surface area contributed by atoms with Crippen LogP contribution in [0, 0.1) is 0 Å². The molecule has 0 N–H and O–H groups in total. The van der Waals surface area contributed by atoms with Gasteiger partial charge >= 0.3 is 5.97 Å². The lowest BCUT2D eigenvalue weighted by atomic mass is 10.3. The fourth-order valence-corrected chi connectivity index (χ4v) is 1.71. The first-order valence-electron chi connectivity index (χ1n) is 5.28. The third-order valence-electron chi connectivity index (χ3n) is 2.56. The van der Waals surface area contributed by atoms with Gasteiger partial charge < -0.3 is 14.3 Å². The Morgan fingerprint density at radius 3 is 2.83 bits per heavy atom. The molecule has 0 unspecified atom stereocenters. The molecule has 0 bridgehead atoms. The average molecular weight is 248 g/mol. The highest BCUT2D eigenvalue weighted by atomic mass is 16.5. The maximum Gasteiger partial charge on any atom is 0.358 e. The summed E-state index contributed by atoms with van der Waals surface area (Å²) in [6, 6.07) is 3.42. The molecule has 0 amide bonds. The van der Waals surface area contributed by atoms with E-state index in [1.165, 1.54) is 7.11 Å². The third-order valence-corrected chi connectivity index (χ3v) is 2.56. The highest BCUT2D eigenvalue weighted by Crippen LogP contribution is 2.19. The van der Waals surface area contributed by atoms with Gasteiger partial charge in [-0.2, -0.15) is 0 Å². The molecule has 0 aliphatic carbocycles. The number of rotatable bonds is 4. The molecular weight excluding hydrogens is 236 g/mol. The molecule has 94 valence electrons. The zero-order valence-corrected chi connectivity index (χ0v) is 10.0. The number of fused-ring (bicyclic) bond motifs is 1. The van der Waals surface area contributed by atoms with E-state index in [9.17, 15) is 9.59 Å². The van der Waals surface area contributed by atoms with Gasteiger partial charge in [0, 0.05) is 0 Å². The molecule has 2 heterocycles. The number of esters is 1. The summed E-state index contributed by atoms with van der Waals surface area (Å²) in [4.78, 5) is 26.3. The van der Waals surface area contributed by atoms with Crippen LogP contribution in [0.15, 0.2) is 18.3 Å². The fourth-order valence-electron chi connectivity index (χ4n) is 1.71. The minimum atomic E-state index is -0.533. The van der Waals surface area contributed by atoms with E-state index in [1.807, 2.05) is 0 Å². The van der Waals surface area contributed by atoms with E-state index in [1.54, 1.807) is 29.8 Å². The molecule has 0 radical (unpaired) electrons. The van der Waals surface area contributed by atoms with Crippen molar-refractivity contribution in [3.05, 3.63) is 29.8 Å². The number of ether oxygens (including phenoxy) is 2. The van der Waals surface area contributed by atoms with Crippen molar-refractivity contribution in [1.29, 1.82) is 0 Å². The number of hydrogen-bond acceptors (Lipinski definition) is 5. The van der Waals surface area contributed by atoms with Crippen molar-refractivity contribution in [3.63, 3.8) is 0 Å². The van der Waals surface area contributed by atoms with E-state index in [4.69, 9.17) is 4.74 Å². The first kappa shape index (κ1) is 12.1. The summed E-state index contributed by atoms with van der Waals surface area (Å²) in [6.07, 6.45) is 2.52. The number of hydrogen-bond donors (Lipinski definition) is 0. The Morgan fingerprint density at radius 1 is 1.44 bits per heavy atom. The second-order valence-corrected chi connectivity index (χ2v) is 3.56. The van der Waals surface area contributed by atoms with Crippen LogP contribution in [0.25, 0.3) is 5.52 Å². The second-order valence-electron chi connectivity index (χ2n) is 3.56. The zero-order chi connectivity index (χ0) is 13.1. The van der Waals surface area contributed by atoms with Crippen LogP contribution in [0.5, 0.6) is 5.75 Å². The lowest BCUT2D eigenvalue weighted by Gasteiger charge is -2.02. The molecule has 0 aromatic carbocycles. The summed E-state index contributed by atoms with van der Waals surface area (Å²) in [5, 5.41) is 0. The van der Waals surface area contributed by atoms with Crippen molar-refractivity contribution in [2.75, 3.05) is 14.2 Å². The van der Waals surface area contributed by atoms with Gasteiger partial charge in [0.05, 0.1) is 32.4 Å². The molecule has 18 heavy (non-hydrogen) atoms. The van der Waals surface area contributed by atoms with Crippen molar-refractivity contribution in [1.82, 2.24) is 9.38 Å². The van der Waals surface area contributed by atoms with Crippen molar-refractivity contribution < 1.29 is 19.1 Å². The Morgan fingerprint density at radius 2 is 2.22 bits per heavy atom. The van der Waals surface area contributed by atoms with Gasteiger partial charge in [-0.25, -0.2) is 9.78 Å². The summed E-state index contributed by atoms with van der Waals surface area (Å²) in [5.74, 6) is 0.553. The van der Waals surface area contributed by atoms with E-state index < -0.39 is 5.97 Å². The summed E-state index contributed by atoms with van der Waals surface area (Å²) in [7, 11) is 2.83. The Hall–Kier alpha value is -2.37. The second kappa shape index (κ2) is 4.87. The van der Waals surface area contributed by atoms with E-state index in [2.05, 4.69) is 9.72 Å². The maximum atomic E-state index is 11.6. The monoisotopic (exact) mass is 248 g/mol. The van der Waals surface area contributed by atoms with Crippen LogP contribution in [0.3, 0.4) is 0 Å².